The number of hydrogen-bond donors (Lipinski definition) is 2. The molecule has 0 radical (unpaired) electrons. The third-order valence-corrected chi connectivity index (χ3v) is 4.71. The molecule has 0 spiro atoms. The molecule has 3 rings (SSSR count). The first-order valence-corrected chi connectivity index (χ1v) is 8.60. The highest BCUT2D eigenvalue weighted by Crippen LogP contribution is 2.33. The number of thiazole rings is 1. The van der Waals surface area contributed by atoms with Crippen LogP contribution in [0.15, 0.2) is 54.6 Å². The number of hydrogen-bond acceptors (Lipinski definition) is 4. The Bertz CT molecular complexity index is 826. The first-order valence-electron chi connectivity index (χ1n) is 7.79. The molecule has 1 heterocycles. The van der Waals surface area contributed by atoms with E-state index in [0.717, 1.165) is 34.7 Å². The number of nitrogens with zero attached hydrogens (tertiary/aromatic N) is 1. The van der Waals surface area contributed by atoms with Gasteiger partial charge in [-0.2, -0.15) is 0 Å². The van der Waals surface area contributed by atoms with Gasteiger partial charge in [0.1, 0.15) is 0 Å². The van der Waals surface area contributed by atoms with E-state index in [1.165, 1.54) is 23.8 Å². The van der Waals surface area contributed by atoms with E-state index in [9.17, 15) is 4.79 Å². The zero-order valence-corrected chi connectivity index (χ0v) is 14.3. The lowest BCUT2D eigenvalue weighted by Gasteiger charge is -2.03. The molecule has 4 nitrogen and oxygen atoms in total. The van der Waals surface area contributed by atoms with E-state index in [1.54, 1.807) is 0 Å². The predicted molar refractivity (Wildman–Crippen MR) is 100 cm³/mol. The average molecular weight is 337 g/mol. The SMILES string of the molecule is CC(=O)Nc1nc(CCc2ccc(N)cc2)c(-c2ccccc2)s1. The zero-order valence-electron chi connectivity index (χ0n) is 13.5. The Kier molecular flexibility index (Phi) is 4.91. The number of nitrogens with two attached hydrogens (primary N) is 1. The minimum absolute atomic E-state index is 0.103. The van der Waals surface area contributed by atoms with E-state index in [0.29, 0.717) is 5.13 Å². The van der Waals surface area contributed by atoms with Gasteiger partial charge in [0.05, 0.1) is 10.6 Å². The van der Waals surface area contributed by atoms with Crippen molar-refractivity contribution in [2.24, 2.45) is 0 Å². The lowest BCUT2D eigenvalue weighted by molar-refractivity contribution is -0.114. The molecule has 0 saturated heterocycles. The van der Waals surface area contributed by atoms with Crippen molar-refractivity contribution < 1.29 is 4.79 Å². The van der Waals surface area contributed by atoms with Gasteiger partial charge in [-0.15, -0.1) is 0 Å². The number of carbonyl (C=O) groups is 1. The number of carbonyl (C=O) groups excluding carboxylic acids is 1. The van der Waals surface area contributed by atoms with Crippen molar-refractivity contribution in [2.45, 2.75) is 19.8 Å². The second kappa shape index (κ2) is 7.27. The summed E-state index contributed by atoms with van der Waals surface area (Å²) in [6.07, 6.45) is 1.69. The lowest BCUT2D eigenvalue weighted by atomic mass is 10.1. The standard InChI is InChI=1S/C19H19N3OS/c1-13(23)21-19-22-17(12-9-14-7-10-16(20)11-8-14)18(24-19)15-5-3-2-4-6-15/h2-8,10-11H,9,12,20H2,1H3,(H,21,22,23). The topological polar surface area (TPSA) is 68.0 Å². The highest BCUT2D eigenvalue weighted by atomic mass is 32.1. The highest BCUT2D eigenvalue weighted by molar-refractivity contribution is 7.19. The van der Waals surface area contributed by atoms with Crippen molar-refractivity contribution in [3.05, 3.63) is 65.9 Å². The smallest absolute Gasteiger partial charge is 0.223 e. The van der Waals surface area contributed by atoms with Gasteiger partial charge >= 0.3 is 0 Å². The number of nitrogen functional groups attached to an aromatic ring is 1. The summed E-state index contributed by atoms with van der Waals surface area (Å²) in [7, 11) is 0. The third-order valence-electron chi connectivity index (χ3n) is 3.65. The monoisotopic (exact) mass is 337 g/mol. The Labute approximate surface area is 145 Å². The molecule has 122 valence electrons. The van der Waals surface area contributed by atoms with Gasteiger partial charge in [0.25, 0.3) is 0 Å². The number of rotatable bonds is 5. The Morgan fingerprint density at radius 3 is 2.46 bits per heavy atom. The second-order valence-electron chi connectivity index (χ2n) is 5.58. The minimum atomic E-state index is -0.103. The molecule has 3 N–H and O–H groups in total. The van der Waals surface area contributed by atoms with Crippen LogP contribution in [0.4, 0.5) is 10.8 Å². The summed E-state index contributed by atoms with van der Waals surface area (Å²) in [5.74, 6) is -0.103. The van der Waals surface area contributed by atoms with Gasteiger partial charge in [0.15, 0.2) is 5.13 Å². The van der Waals surface area contributed by atoms with Crippen LogP contribution in [0.5, 0.6) is 0 Å². The Hall–Kier alpha value is -2.66. The average Bonchev–Trinajstić information content (AvgIpc) is 2.97. The van der Waals surface area contributed by atoms with Gasteiger partial charge in [0.2, 0.25) is 5.91 Å². The van der Waals surface area contributed by atoms with Crippen LogP contribution >= 0.6 is 11.3 Å². The number of anilines is 2. The van der Waals surface area contributed by atoms with E-state index in [-0.39, 0.29) is 5.91 Å². The maximum Gasteiger partial charge on any atom is 0.223 e. The van der Waals surface area contributed by atoms with Crippen LogP contribution in [0.1, 0.15) is 18.2 Å². The van der Waals surface area contributed by atoms with Crippen molar-refractivity contribution in [2.75, 3.05) is 11.1 Å². The van der Waals surface area contributed by atoms with Gasteiger partial charge in [0, 0.05) is 12.6 Å². The van der Waals surface area contributed by atoms with Gasteiger partial charge in [-0.3, -0.25) is 4.79 Å². The van der Waals surface area contributed by atoms with E-state index in [1.807, 2.05) is 42.5 Å². The summed E-state index contributed by atoms with van der Waals surface area (Å²) in [4.78, 5) is 17.1. The van der Waals surface area contributed by atoms with Gasteiger partial charge in [-0.25, -0.2) is 4.98 Å². The quantitative estimate of drug-likeness (QED) is 0.688. The third kappa shape index (κ3) is 4.00. The summed E-state index contributed by atoms with van der Waals surface area (Å²) < 4.78 is 0. The van der Waals surface area contributed by atoms with Gasteiger partial charge in [-0.05, 0) is 36.1 Å². The summed E-state index contributed by atoms with van der Waals surface area (Å²) in [6.45, 7) is 1.50. The molecule has 1 aromatic heterocycles. The first-order chi connectivity index (χ1) is 11.6. The van der Waals surface area contributed by atoms with E-state index in [4.69, 9.17) is 5.73 Å². The fourth-order valence-corrected chi connectivity index (χ4v) is 3.55. The van der Waals surface area contributed by atoms with Crippen molar-refractivity contribution in [1.82, 2.24) is 4.98 Å². The number of aromatic nitrogens is 1. The van der Waals surface area contributed by atoms with Gasteiger partial charge in [-0.1, -0.05) is 53.8 Å². The summed E-state index contributed by atoms with van der Waals surface area (Å²) in [5.41, 5.74) is 9.85. The van der Waals surface area contributed by atoms with Crippen LogP contribution in [-0.4, -0.2) is 10.9 Å². The van der Waals surface area contributed by atoms with Crippen LogP contribution in [0.2, 0.25) is 0 Å². The van der Waals surface area contributed by atoms with Crippen LogP contribution in [0.25, 0.3) is 10.4 Å². The number of nitrogens with one attached hydrogen (secondary N) is 1. The molecule has 2 aromatic carbocycles. The summed E-state index contributed by atoms with van der Waals surface area (Å²) in [5, 5.41) is 3.44. The minimum Gasteiger partial charge on any atom is -0.399 e. The van der Waals surface area contributed by atoms with Crippen LogP contribution in [0.3, 0.4) is 0 Å². The Morgan fingerprint density at radius 2 is 1.79 bits per heavy atom. The van der Waals surface area contributed by atoms with E-state index < -0.39 is 0 Å². The molecule has 24 heavy (non-hydrogen) atoms. The van der Waals surface area contributed by atoms with Crippen LogP contribution in [-0.2, 0) is 17.6 Å². The van der Waals surface area contributed by atoms with Crippen molar-refractivity contribution >= 4 is 28.1 Å². The molecular weight excluding hydrogens is 318 g/mol. The Balaban J connectivity index is 1.85. The molecule has 5 heteroatoms. The largest absolute Gasteiger partial charge is 0.399 e. The molecule has 0 saturated carbocycles. The van der Waals surface area contributed by atoms with Crippen molar-refractivity contribution in [1.29, 1.82) is 0 Å². The van der Waals surface area contributed by atoms with Crippen molar-refractivity contribution in [3.63, 3.8) is 0 Å². The zero-order chi connectivity index (χ0) is 16.9. The van der Waals surface area contributed by atoms with Crippen LogP contribution in [0, 0.1) is 0 Å². The molecule has 0 unspecified atom stereocenters. The number of amides is 1. The van der Waals surface area contributed by atoms with Crippen molar-refractivity contribution in [3.8, 4) is 10.4 Å². The maximum atomic E-state index is 11.3. The summed E-state index contributed by atoms with van der Waals surface area (Å²) in [6, 6.07) is 18.1. The first kappa shape index (κ1) is 16.2. The molecule has 0 atom stereocenters. The number of benzene rings is 2. The highest BCUT2D eigenvalue weighted by Gasteiger charge is 2.13. The second-order valence-corrected chi connectivity index (χ2v) is 6.58. The predicted octanol–water partition coefficient (Wildman–Crippen LogP) is 4.14. The lowest BCUT2D eigenvalue weighted by Crippen LogP contribution is -2.05. The molecule has 3 aromatic rings. The van der Waals surface area contributed by atoms with E-state index in [2.05, 4.69) is 22.4 Å². The molecule has 0 aliphatic carbocycles. The molecule has 1 amide bonds. The Morgan fingerprint density at radius 1 is 1.08 bits per heavy atom. The summed E-state index contributed by atoms with van der Waals surface area (Å²) >= 11 is 1.52. The molecule has 0 fully saturated rings. The van der Waals surface area contributed by atoms with E-state index >= 15 is 0 Å². The van der Waals surface area contributed by atoms with Crippen LogP contribution < -0.4 is 11.1 Å². The maximum absolute atomic E-state index is 11.3. The number of aryl methyl sites for hydroxylation is 2. The fourth-order valence-electron chi connectivity index (χ4n) is 2.49. The molecule has 0 aliphatic heterocycles. The fraction of sp³-hybridized carbons (Fsp3) is 0.158. The molecular formula is C19H19N3OS. The normalized spacial score (nSPS) is 10.5. The molecule has 0 aliphatic rings. The van der Waals surface area contributed by atoms with Gasteiger partial charge < -0.3 is 11.1 Å². The molecule has 0 bridgehead atoms.